The van der Waals surface area contributed by atoms with Crippen LogP contribution in [-0.4, -0.2) is 41.3 Å². The SMILES string of the molecule is CC.CNc1nccc(-n2nc(C)nc2C)n1.Cn1c(C2CC2)nc2ccccc21. The fraction of sp³-hybridized carbons (Fsp3) is 0.409. The van der Waals surface area contributed by atoms with Crippen molar-refractivity contribution in [1.29, 1.82) is 0 Å². The van der Waals surface area contributed by atoms with Gasteiger partial charge in [-0.1, -0.05) is 26.0 Å². The van der Waals surface area contributed by atoms with Gasteiger partial charge in [-0.05, 0) is 38.8 Å². The van der Waals surface area contributed by atoms with E-state index in [1.54, 1.807) is 24.0 Å². The third kappa shape index (κ3) is 4.64. The van der Waals surface area contributed by atoms with E-state index >= 15 is 0 Å². The summed E-state index contributed by atoms with van der Waals surface area (Å²) in [5.74, 6) is 4.83. The van der Waals surface area contributed by atoms with Gasteiger partial charge in [0.25, 0.3) is 0 Å². The quantitative estimate of drug-likeness (QED) is 0.549. The Morgan fingerprint density at radius 3 is 2.33 bits per heavy atom. The molecule has 0 radical (unpaired) electrons. The number of hydrogen-bond donors (Lipinski definition) is 1. The van der Waals surface area contributed by atoms with E-state index in [1.165, 1.54) is 24.2 Å². The lowest BCUT2D eigenvalue weighted by Crippen LogP contribution is -2.05. The lowest BCUT2D eigenvalue weighted by molar-refractivity contribution is 0.799. The van der Waals surface area contributed by atoms with Crippen molar-refractivity contribution in [3.63, 3.8) is 0 Å². The van der Waals surface area contributed by atoms with Crippen LogP contribution >= 0.6 is 0 Å². The Labute approximate surface area is 177 Å². The number of hydrogen-bond acceptors (Lipinski definition) is 6. The van der Waals surface area contributed by atoms with E-state index < -0.39 is 0 Å². The average molecular weight is 407 g/mol. The Balaban J connectivity index is 0.000000159. The van der Waals surface area contributed by atoms with Crippen molar-refractivity contribution in [2.75, 3.05) is 12.4 Å². The van der Waals surface area contributed by atoms with Gasteiger partial charge < -0.3 is 9.88 Å². The third-order valence-electron chi connectivity index (χ3n) is 4.72. The molecule has 1 aromatic carbocycles. The topological polar surface area (TPSA) is 86.3 Å². The van der Waals surface area contributed by atoms with E-state index in [4.69, 9.17) is 0 Å². The summed E-state index contributed by atoms with van der Waals surface area (Å²) in [5, 5.41) is 7.12. The van der Waals surface area contributed by atoms with Crippen LogP contribution in [-0.2, 0) is 7.05 Å². The summed E-state index contributed by atoms with van der Waals surface area (Å²) in [7, 11) is 3.89. The molecule has 30 heavy (non-hydrogen) atoms. The highest BCUT2D eigenvalue weighted by atomic mass is 15.4. The Hall–Kier alpha value is -3.29. The maximum absolute atomic E-state index is 4.64. The molecule has 158 valence electrons. The van der Waals surface area contributed by atoms with E-state index in [1.807, 2.05) is 33.8 Å². The van der Waals surface area contributed by atoms with Crippen LogP contribution in [0.5, 0.6) is 0 Å². The van der Waals surface area contributed by atoms with Crippen molar-refractivity contribution in [2.24, 2.45) is 7.05 Å². The van der Waals surface area contributed by atoms with Crippen LogP contribution in [0.15, 0.2) is 36.5 Å². The number of fused-ring (bicyclic) bond motifs is 1. The van der Waals surface area contributed by atoms with Gasteiger partial charge in [-0.15, -0.1) is 5.10 Å². The highest BCUT2D eigenvalue weighted by molar-refractivity contribution is 5.76. The number of nitrogens with zero attached hydrogens (tertiary/aromatic N) is 7. The van der Waals surface area contributed by atoms with Crippen molar-refractivity contribution < 1.29 is 0 Å². The van der Waals surface area contributed by atoms with Crippen LogP contribution in [0, 0.1) is 13.8 Å². The van der Waals surface area contributed by atoms with Gasteiger partial charge in [0.05, 0.1) is 11.0 Å². The Morgan fingerprint density at radius 1 is 1.00 bits per heavy atom. The predicted octanol–water partition coefficient (Wildman–Crippen LogP) is 4.19. The molecule has 0 atom stereocenters. The Kier molecular flexibility index (Phi) is 6.76. The van der Waals surface area contributed by atoms with Crippen molar-refractivity contribution in [3.8, 4) is 5.82 Å². The van der Waals surface area contributed by atoms with E-state index in [0.717, 1.165) is 23.1 Å². The van der Waals surface area contributed by atoms with Gasteiger partial charge in [0, 0.05) is 32.3 Å². The Bertz CT molecular complexity index is 1110. The molecule has 0 unspecified atom stereocenters. The second-order valence-electron chi connectivity index (χ2n) is 6.90. The number of aryl methyl sites for hydroxylation is 3. The molecule has 8 nitrogen and oxygen atoms in total. The summed E-state index contributed by atoms with van der Waals surface area (Å²) in [6.07, 6.45) is 4.32. The number of rotatable bonds is 3. The molecule has 0 bridgehead atoms. The largest absolute Gasteiger partial charge is 0.357 e. The zero-order valence-electron chi connectivity index (χ0n) is 18.6. The first-order valence-corrected chi connectivity index (χ1v) is 10.4. The molecule has 0 amide bonds. The first-order valence-electron chi connectivity index (χ1n) is 10.4. The van der Waals surface area contributed by atoms with Crippen molar-refractivity contribution >= 4 is 17.0 Å². The minimum atomic E-state index is 0.569. The fourth-order valence-corrected chi connectivity index (χ4v) is 3.20. The maximum Gasteiger partial charge on any atom is 0.224 e. The molecule has 1 fully saturated rings. The molecule has 1 N–H and O–H groups in total. The average Bonchev–Trinajstić information content (AvgIpc) is 3.49. The molecule has 1 aliphatic rings. The Morgan fingerprint density at radius 2 is 1.73 bits per heavy atom. The van der Waals surface area contributed by atoms with Gasteiger partial charge >= 0.3 is 0 Å². The molecule has 1 aliphatic carbocycles. The highest BCUT2D eigenvalue weighted by Gasteiger charge is 2.28. The van der Waals surface area contributed by atoms with Crippen LogP contribution in [0.1, 0.15) is 50.1 Å². The number of anilines is 1. The first kappa shape index (κ1) is 21.4. The highest BCUT2D eigenvalue weighted by Crippen LogP contribution is 2.40. The van der Waals surface area contributed by atoms with E-state index in [0.29, 0.717) is 11.8 Å². The van der Waals surface area contributed by atoms with Gasteiger partial charge in [0.1, 0.15) is 17.5 Å². The maximum atomic E-state index is 4.64. The lowest BCUT2D eigenvalue weighted by atomic mass is 10.3. The molecule has 8 heteroatoms. The third-order valence-corrected chi connectivity index (χ3v) is 4.72. The number of benzene rings is 1. The zero-order valence-corrected chi connectivity index (χ0v) is 18.6. The molecule has 3 heterocycles. The molecule has 0 spiro atoms. The number of para-hydroxylation sites is 2. The summed E-state index contributed by atoms with van der Waals surface area (Å²) < 4.78 is 3.92. The van der Waals surface area contributed by atoms with Crippen LogP contribution in [0.2, 0.25) is 0 Å². The van der Waals surface area contributed by atoms with E-state index in [-0.39, 0.29) is 0 Å². The summed E-state index contributed by atoms with van der Waals surface area (Å²) in [6.45, 7) is 7.74. The van der Waals surface area contributed by atoms with Gasteiger partial charge in [-0.25, -0.2) is 15.0 Å². The summed E-state index contributed by atoms with van der Waals surface area (Å²) >= 11 is 0. The smallest absolute Gasteiger partial charge is 0.224 e. The molecule has 4 aromatic rings. The number of aromatic nitrogens is 7. The standard InChI is InChI=1S/C11H12N2.C9H12N6.C2H6/c1-13-10-5-3-2-4-9(10)12-11(13)8-6-7-8;1-6-12-7(2)15(14-6)8-4-5-11-9(10-3)13-8;1-2/h2-5,8H,6-7H2,1H3;4-5H,1-3H3,(H,10,11,13);1-2H3. The van der Waals surface area contributed by atoms with Crippen molar-refractivity contribution in [1.82, 2.24) is 34.3 Å². The molecule has 0 aliphatic heterocycles. The van der Waals surface area contributed by atoms with Gasteiger partial charge in [0.2, 0.25) is 5.95 Å². The van der Waals surface area contributed by atoms with Gasteiger partial charge in [-0.2, -0.15) is 9.67 Å². The lowest BCUT2D eigenvalue weighted by Gasteiger charge is -2.03. The van der Waals surface area contributed by atoms with Crippen LogP contribution < -0.4 is 5.32 Å². The van der Waals surface area contributed by atoms with Crippen LogP contribution in [0.4, 0.5) is 5.95 Å². The molecule has 5 rings (SSSR count). The molecule has 1 saturated carbocycles. The summed E-state index contributed by atoms with van der Waals surface area (Å²) in [5.41, 5.74) is 2.39. The predicted molar refractivity (Wildman–Crippen MR) is 120 cm³/mol. The van der Waals surface area contributed by atoms with E-state index in [9.17, 15) is 0 Å². The van der Waals surface area contributed by atoms with Crippen LogP contribution in [0.3, 0.4) is 0 Å². The van der Waals surface area contributed by atoms with Gasteiger partial charge in [0.15, 0.2) is 5.82 Å². The second-order valence-corrected chi connectivity index (χ2v) is 6.90. The van der Waals surface area contributed by atoms with Crippen molar-refractivity contribution in [2.45, 2.75) is 46.5 Å². The number of imidazole rings is 1. The zero-order chi connectivity index (χ0) is 21.7. The molecular formula is C22H30N8. The normalized spacial score (nSPS) is 12.6. The van der Waals surface area contributed by atoms with Crippen LogP contribution in [0.25, 0.3) is 16.9 Å². The molecular weight excluding hydrogens is 376 g/mol. The molecule has 3 aromatic heterocycles. The minimum Gasteiger partial charge on any atom is -0.357 e. The summed E-state index contributed by atoms with van der Waals surface area (Å²) in [4.78, 5) is 17.2. The number of nitrogens with one attached hydrogen (secondary N) is 1. The second kappa shape index (κ2) is 9.47. The monoisotopic (exact) mass is 406 g/mol. The minimum absolute atomic E-state index is 0.569. The molecule has 0 saturated heterocycles. The first-order chi connectivity index (χ1) is 14.6. The van der Waals surface area contributed by atoms with Crippen molar-refractivity contribution in [3.05, 3.63) is 54.0 Å². The fourth-order valence-electron chi connectivity index (χ4n) is 3.20. The summed E-state index contributed by atoms with van der Waals surface area (Å²) in [6, 6.07) is 10.1. The van der Waals surface area contributed by atoms with E-state index in [2.05, 4.69) is 60.2 Å². The van der Waals surface area contributed by atoms with Gasteiger partial charge in [-0.3, -0.25) is 0 Å².